The Morgan fingerprint density at radius 3 is 2.16 bits per heavy atom. The van der Waals surface area contributed by atoms with Crippen molar-refractivity contribution in [3.8, 4) is 17.1 Å². The Morgan fingerprint density at radius 2 is 1.58 bits per heavy atom. The van der Waals surface area contributed by atoms with Crippen molar-refractivity contribution >= 4 is 42.3 Å². The summed E-state index contributed by atoms with van der Waals surface area (Å²) in [5.74, 6) is -2.02. The summed E-state index contributed by atoms with van der Waals surface area (Å²) in [5, 5.41) is 9.22. The predicted molar refractivity (Wildman–Crippen MR) is 157 cm³/mol. The zero-order valence-electron chi connectivity index (χ0n) is 25.0. The number of ether oxygens (including phenoxy) is 6. The second-order valence-corrected chi connectivity index (χ2v) is 10.1. The number of methoxy groups -OCH3 is 1. The van der Waals surface area contributed by atoms with Gasteiger partial charge < -0.3 is 28.4 Å². The van der Waals surface area contributed by atoms with Crippen molar-refractivity contribution in [3.63, 3.8) is 0 Å². The minimum atomic E-state index is -1.42. The lowest BCUT2D eigenvalue weighted by atomic mass is 9.97. The van der Waals surface area contributed by atoms with Gasteiger partial charge in [0.1, 0.15) is 18.5 Å². The zero-order valence-corrected chi connectivity index (χ0v) is 25.8. The maximum atomic E-state index is 12.3. The Bertz CT molecular complexity index is 1620. The van der Waals surface area contributed by atoms with Gasteiger partial charge in [-0.15, -0.1) is 5.10 Å². The summed E-state index contributed by atoms with van der Waals surface area (Å²) in [5.41, 5.74) is 1.25. The lowest BCUT2D eigenvalue weighted by molar-refractivity contribution is -0.270. The Balaban J connectivity index is 1.88. The van der Waals surface area contributed by atoms with Crippen LogP contribution in [-0.4, -0.2) is 87.7 Å². The van der Waals surface area contributed by atoms with E-state index in [1.807, 2.05) is 0 Å². The van der Waals surface area contributed by atoms with Crippen LogP contribution in [0.1, 0.15) is 39.5 Å². The van der Waals surface area contributed by atoms with Gasteiger partial charge in [0, 0.05) is 45.7 Å². The predicted octanol–water partition coefficient (Wildman–Crippen LogP) is 2.62. The van der Waals surface area contributed by atoms with Gasteiger partial charge >= 0.3 is 23.9 Å². The number of carbonyl (C=O) groups excluding carboxylic acids is 4. The molecule has 0 radical (unpaired) electrons. The lowest BCUT2D eigenvalue weighted by Gasteiger charge is -2.44. The third-order valence-electron chi connectivity index (χ3n) is 6.35. The molecular weight excluding hydrogens is 610 g/mol. The van der Waals surface area contributed by atoms with Crippen LogP contribution < -0.4 is 4.74 Å². The van der Waals surface area contributed by atoms with E-state index in [0.717, 1.165) is 26.3 Å². The Morgan fingerprint density at radius 1 is 0.933 bits per heavy atom. The van der Waals surface area contributed by atoms with Crippen molar-refractivity contribution < 1.29 is 47.6 Å². The molecule has 0 unspecified atom stereocenters. The highest BCUT2D eigenvalue weighted by atomic mass is 32.1. The third kappa shape index (κ3) is 8.16. The van der Waals surface area contributed by atoms with E-state index in [1.54, 1.807) is 62.1 Å². The summed E-state index contributed by atoms with van der Waals surface area (Å²) in [4.78, 5) is 52.5. The summed E-state index contributed by atoms with van der Waals surface area (Å²) in [6.45, 7) is 4.19. The normalized spacial score (nSPS) is 21.1. The van der Waals surface area contributed by atoms with Crippen LogP contribution in [0.15, 0.2) is 53.9 Å². The van der Waals surface area contributed by atoms with Crippen LogP contribution in [0.5, 0.6) is 5.75 Å². The standard InChI is InChI=1S/C29H31N5O10S/c1-16(35)40-15-23-24(41-17(2)36)25(42-18(3)37)26(43-19(4)38)28(44-23)34-29(45)33(27(32-34)21-7-6-12-30-14-21)31-13-20-8-10-22(39-5)11-9-20/h6-14,23-26,28H,15H2,1-5H3/b31-13+/t23-,24-,25+,26-,28-/m1/s1. The fraction of sp³-hybridized carbons (Fsp3) is 0.379. The van der Waals surface area contributed by atoms with Gasteiger partial charge in [0.05, 0.1) is 13.3 Å². The SMILES string of the molecule is COc1ccc(/C=N/n2c(-c3cccnc3)nn([C@@H]3O[C@H](COC(C)=O)[C@@H](OC(C)=O)[C@H](OC(C)=O)[C@H]3OC(C)=O)c2=S)cc1. The first kappa shape index (κ1) is 32.9. The fourth-order valence-corrected chi connectivity index (χ4v) is 4.81. The largest absolute Gasteiger partial charge is 0.497 e. The molecule has 1 aromatic carbocycles. The first-order valence-corrected chi connectivity index (χ1v) is 14.0. The number of hydrogen-bond acceptors (Lipinski definition) is 14. The molecule has 3 heterocycles. The van der Waals surface area contributed by atoms with Crippen LogP contribution in [-0.2, 0) is 42.9 Å². The van der Waals surface area contributed by atoms with E-state index in [1.165, 1.54) is 16.3 Å². The number of esters is 4. The summed E-state index contributed by atoms with van der Waals surface area (Å²) in [7, 11) is 1.56. The van der Waals surface area contributed by atoms with Crippen molar-refractivity contribution in [1.29, 1.82) is 0 Å². The lowest BCUT2D eigenvalue weighted by Crippen LogP contribution is -2.60. The van der Waals surface area contributed by atoms with E-state index >= 15 is 0 Å². The maximum Gasteiger partial charge on any atom is 0.303 e. The van der Waals surface area contributed by atoms with E-state index in [9.17, 15) is 19.2 Å². The first-order chi connectivity index (χ1) is 21.5. The van der Waals surface area contributed by atoms with Crippen LogP contribution in [0.25, 0.3) is 11.4 Å². The monoisotopic (exact) mass is 641 g/mol. The number of pyridine rings is 1. The van der Waals surface area contributed by atoms with E-state index in [4.69, 9.17) is 40.6 Å². The molecule has 0 aliphatic carbocycles. The molecule has 15 nitrogen and oxygen atoms in total. The molecule has 16 heteroatoms. The van der Waals surface area contributed by atoms with Crippen LogP contribution >= 0.6 is 12.2 Å². The van der Waals surface area contributed by atoms with Gasteiger partial charge in [0.15, 0.2) is 30.4 Å². The minimum absolute atomic E-state index is 0.0143. The molecule has 0 N–H and O–H groups in total. The number of benzene rings is 1. The van der Waals surface area contributed by atoms with Crippen LogP contribution in [0, 0.1) is 4.77 Å². The number of aromatic nitrogens is 4. The maximum absolute atomic E-state index is 12.3. The van der Waals surface area contributed by atoms with Crippen molar-refractivity contribution in [2.75, 3.05) is 13.7 Å². The van der Waals surface area contributed by atoms with Crippen LogP contribution in [0.4, 0.5) is 0 Å². The van der Waals surface area contributed by atoms with Crippen molar-refractivity contribution in [2.24, 2.45) is 5.10 Å². The fourth-order valence-electron chi connectivity index (χ4n) is 4.54. The second-order valence-electron chi connectivity index (χ2n) is 9.71. The molecule has 0 amide bonds. The van der Waals surface area contributed by atoms with Gasteiger partial charge in [-0.25, -0.2) is 4.68 Å². The van der Waals surface area contributed by atoms with E-state index in [-0.39, 0.29) is 10.6 Å². The van der Waals surface area contributed by atoms with Gasteiger partial charge in [0.25, 0.3) is 0 Å². The smallest absolute Gasteiger partial charge is 0.303 e. The summed E-state index contributed by atoms with van der Waals surface area (Å²) in [6.07, 6.45) is -2.06. The van der Waals surface area contributed by atoms with Crippen LogP contribution in [0.3, 0.4) is 0 Å². The van der Waals surface area contributed by atoms with Gasteiger partial charge in [-0.2, -0.15) is 9.78 Å². The van der Waals surface area contributed by atoms with Crippen molar-refractivity contribution in [1.82, 2.24) is 19.4 Å². The third-order valence-corrected chi connectivity index (χ3v) is 6.71. The van der Waals surface area contributed by atoms with E-state index in [2.05, 4.69) is 15.2 Å². The van der Waals surface area contributed by atoms with Gasteiger partial charge in [-0.3, -0.25) is 24.2 Å². The molecule has 1 fully saturated rings. The molecule has 238 valence electrons. The molecule has 45 heavy (non-hydrogen) atoms. The van der Waals surface area contributed by atoms with Gasteiger partial charge in [0.2, 0.25) is 4.77 Å². The highest BCUT2D eigenvalue weighted by Crippen LogP contribution is 2.35. The highest BCUT2D eigenvalue weighted by molar-refractivity contribution is 7.71. The molecule has 4 rings (SSSR count). The molecule has 0 spiro atoms. The average molecular weight is 642 g/mol. The van der Waals surface area contributed by atoms with E-state index in [0.29, 0.717) is 11.3 Å². The quantitative estimate of drug-likeness (QED) is 0.137. The molecule has 1 aliphatic heterocycles. The number of rotatable bonds is 10. The minimum Gasteiger partial charge on any atom is -0.497 e. The van der Waals surface area contributed by atoms with Crippen molar-refractivity contribution in [3.05, 3.63) is 59.1 Å². The number of carbonyl (C=O) groups is 4. The molecule has 0 bridgehead atoms. The Labute approximate surface area is 262 Å². The van der Waals surface area contributed by atoms with Gasteiger partial charge in [-0.05, 0) is 54.2 Å². The topological polar surface area (TPSA) is 172 Å². The van der Waals surface area contributed by atoms with Crippen molar-refractivity contribution in [2.45, 2.75) is 58.3 Å². The molecule has 1 saturated heterocycles. The molecule has 0 saturated carbocycles. The molecule has 2 aromatic heterocycles. The van der Waals surface area contributed by atoms with Crippen LogP contribution in [0.2, 0.25) is 0 Å². The summed E-state index contributed by atoms with van der Waals surface area (Å²) in [6, 6.07) is 10.6. The summed E-state index contributed by atoms with van der Waals surface area (Å²) >= 11 is 5.80. The molecule has 1 aliphatic rings. The Kier molecular flexibility index (Phi) is 10.7. The highest BCUT2D eigenvalue weighted by Gasteiger charge is 2.53. The second kappa shape index (κ2) is 14.7. The van der Waals surface area contributed by atoms with E-state index < -0.39 is 61.1 Å². The Hall–Kier alpha value is -4.96. The molecule has 3 aromatic rings. The first-order valence-electron chi connectivity index (χ1n) is 13.6. The molecular formula is C29H31N5O10S. The number of hydrogen-bond donors (Lipinski definition) is 0. The molecule has 5 atom stereocenters. The average Bonchev–Trinajstić information content (AvgIpc) is 3.32. The van der Waals surface area contributed by atoms with Gasteiger partial charge in [-0.1, -0.05) is 0 Å². The number of nitrogens with zero attached hydrogens (tertiary/aromatic N) is 5. The zero-order chi connectivity index (χ0) is 32.7. The summed E-state index contributed by atoms with van der Waals surface area (Å²) < 4.78 is 35.8.